The van der Waals surface area contributed by atoms with Crippen LogP contribution >= 0.6 is 0 Å². The molecule has 5 aromatic rings. The zero-order chi connectivity index (χ0) is 24.1. The first-order valence-corrected chi connectivity index (χ1v) is 11.2. The third-order valence-electron chi connectivity index (χ3n) is 6.73. The fourth-order valence-electron chi connectivity index (χ4n) is 5.12. The van der Waals surface area contributed by atoms with Crippen molar-refractivity contribution >= 4 is 43.7 Å². The van der Waals surface area contributed by atoms with Gasteiger partial charge in [-0.1, -0.05) is 54.6 Å². The summed E-state index contributed by atoms with van der Waals surface area (Å²) in [5, 5.41) is 24.9. The van der Waals surface area contributed by atoms with Crippen molar-refractivity contribution in [1.29, 1.82) is 10.5 Å². The van der Waals surface area contributed by atoms with Gasteiger partial charge in [0.05, 0.1) is 17.2 Å². The van der Waals surface area contributed by atoms with Gasteiger partial charge in [0.1, 0.15) is 23.8 Å². The van der Waals surface area contributed by atoms with Gasteiger partial charge in [-0.2, -0.15) is 10.5 Å². The monoisotopic (exact) mass is 457 g/mol. The van der Waals surface area contributed by atoms with Crippen molar-refractivity contribution in [1.82, 2.24) is 0 Å². The summed E-state index contributed by atoms with van der Waals surface area (Å²) in [5.41, 5.74) is 1.24. The highest BCUT2D eigenvalue weighted by Crippen LogP contribution is 2.43. The predicted octanol–water partition coefficient (Wildman–Crippen LogP) is 7.81. The number of rotatable bonds is 3. The highest BCUT2D eigenvalue weighted by molar-refractivity contribution is 6.25. The predicted molar refractivity (Wildman–Crippen MR) is 135 cm³/mol. The molecule has 0 aromatic heterocycles. The summed E-state index contributed by atoms with van der Waals surface area (Å²) in [6.45, 7) is 0. The third-order valence-corrected chi connectivity index (χ3v) is 6.73. The van der Waals surface area contributed by atoms with Gasteiger partial charge in [-0.25, -0.2) is 8.78 Å². The molecular weight excluding hydrogens is 440 g/mol. The topological polar surface area (TPSA) is 50.8 Å². The van der Waals surface area contributed by atoms with Crippen molar-refractivity contribution in [3.8, 4) is 12.1 Å². The van der Waals surface area contributed by atoms with E-state index in [4.69, 9.17) is 0 Å². The van der Waals surface area contributed by atoms with Gasteiger partial charge in [0, 0.05) is 23.2 Å². The lowest BCUT2D eigenvalue weighted by molar-refractivity contribution is 0.553. The molecule has 1 aliphatic rings. The van der Waals surface area contributed by atoms with Gasteiger partial charge in [0.15, 0.2) is 0 Å². The van der Waals surface area contributed by atoms with Crippen LogP contribution in [0.2, 0.25) is 0 Å². The molecule has 0 radical (unpaired) electrons. The van der Waals surface area contributed by atoms with Gasteiger partial charge in [-0.05, 0) is 57.3 Å². The molecule has 35 heavy (non-hydrogen) atoms. The van der Waals surface area contributed by atoms with Gasteiger partial charge in [-0.15, -0.1) is 0 Å². The molecule has 5 aromatic carbocycles. The SMILES string of the molecule is N#CC1=C(F)CC(N(c2ccc(C#N)c(F)c2)c2ccc3ccc4cccc5ccc2c3c45)C=C1. The highest BCUT2D eigenvalue weighted by atomic mass is 19.1. The number of anilines is 2. The van der Waals surface area contributed by atoms with Gasteiger partial charge >= 0.3 is 0 Å². The summed E-state index contributed by atoms with van der Waals surface area (Å²) in [4.78, 5) is 1.89. The second kappa shape index (κ2) is 7.94. The van der Waals surface area contributed by atoms with Crippen LogP contribution in [0.4, 0.5) is 20.2 Å². The van der Waals surface area contributed by atoms with E-state index in [9.17, 15) is 19.3 Å². The Bertz CT molecular complexity index is 1770. The number of halogens is 2. The van der Waals surface area contributed by atoms with E-state index in [0.717, 1.165) is 38.0 Å². The van der Waals surface area contributed by atoms with E-state index < -0.39 is 17.7 Å². The number of hydrogen-bond acceptors (Lipinski definition) is 3. The summed E-state index contributed by atoms with van der Waals surface area (Å²) >= 11 is 0. The average Bonchev–Trinajstić information content (AvgIpc) is 2.88. The number of benzene rings is 5. The quantitative estimate of drug-likeness (QED) is 0.260. The highest BCUT2D eigenvalue weighted by Gasteiger charge is 2.27. The Morgan fingerprint density at radius 2 is 1.51 bits per heavy atom. The Balaban J connectivity index is 1.63. The van der Waals surface area contributed by atoms with Crippen LogP contribution in [0.1, 0.15) is 12.0 Å². The summed E-state index contributed by atoms with van der Waals surface area (Å²) < 4.78 is 29.5. The van der Waals surface area contributed by atoms with Crippen molar-refractivity contribution in [2.24, 2.45) is 0 Å². The molecule has 166 valence electrons. The lowest BCUT2D eigenvalue weighted by atomic mass is 9.92. The van der Waals surface area contributed by atoms with E-state index in [1.165, 1.54) is 18.2 Å². The van der Waals surface area contributed by atoms with Crippen molar-refractivity contribution in [3.05, 3.63) is 108 Å². The van der Waals surface area contributed by atoms with E-state index in [1.54, 1.807) is 12.1 Å². The molecule has 0 saturated heterocycles. The van der Waals surface area contributed by atoms with Crippen LogP contribution in [0.15, 0.2) is 96.3 Å². The molecule has 3 nitrogen and oxygen atoms in total. The number of allylic oxidation sites excluding steroid dienone is 2. The summed E-state index contributed by atoms with van der Waals surface area (Å²) in [5.74, 6) is -1.14. The van der Waals surface area contributed by atoms with E-state index in [0.29, 0.717) is 5.69 Å². The maximum absolute atomic E-state index is 14.8. The first kappa shape index (κ1) is 20.8. The molecule has 1 unspecified atom stereocenters. The normalized spacial score (nSPS) is 15.6. The summed E-state index contributed by atoms with van der Waals surface area (Å²) in [6, 6.07) is 26.2. The molecule has 0 N–H and O–H groups in total. The van der Waals surface area contributed by atoms with E-state index >= 15 is 0 Å². The van der Waals surface area contributed by atoms with Gasteiger partial charge in [0.2, 0.25) is 0 Å². The smallest absolute Gasteiger partial charge is 0.143 e. The molecule has 0 spiro atoms. The number of nitrogens with zero attached hydrogens (tertiary/aromatic N) is 3. The molecular formula is C30H17F2N3. The third kappa shape index (κ3) is 3.21. The fraction of sp³-hybridized carbons (Fsp3) is 0.0667. The van der Waals surface area contributed by atoms with Gasteiger partial charge < -0.3 is 4.90 Å². The van der Waals surface area contributed by atoms with Crippen LogP contribution in [0.25, 0.3) is 32.3 Å². The van der Waals surface area contributed by atoms with Crippen molar-refractivity contribution in [2.45, 2.75) is 12.5 Å². The van der Waals surface area contributed by atoms with Crippen molar-refractivity contribution in [2.75, 3.05) is 4.90 Å². The van der Waals surface area contributed by atoms with Crippen LogP contribution < -0.4 is 4.90 Å². The summed E-state index contributed by atoms with van der Waals surface area (Å²) in [7, 11) is 0. The zero-order valence-corrected chi connectivity index (χ0v) is 18.5. The molecule has 0 aliphatic heterocycles. The minimum Gasteiger partial charge on any atom is -0.333 e. The van der Waals surface area contributed by atoms with Crippen molar-refractivity contribution < 1.29 is 8.78 Å². The fourth-order valence-corrected chi connectivity index (χ4v) is 5.12. The Labute approximate surface area is 200 Å². The molecule has 1 atom stereocenters. The van der Waals surface area contributed by atoms with Gasteiger partial charge in [-0.3, -0.25) is 0 Å². The molecule has 0 bridgehead atoms. The Morgan fingerprint density at radius 3 is 2.20 bits per heavy atom. The lowest BCUT2D eigenvalue weighted by Crippen LogP contribution is -2.31. The molecule has 0 amide bonds. The maximum atomic E-state index is 14.8. The second-order valence-corrected chi connectivity index (χ2v) is 8.65. The minimum atomic E-state index is -0.638. The van der Waals surface area contributed by atoms with Crippen LogP contribution in [0.3, 0.4) is 0 Å². The Morgan fingerprint density at radius 1 is 0.800 bits per heavy atom. The molecule has 5 heteroatoms. The molecule has 1 aliphatic carbocycles. The van der Waals surface area contributed by atoms with E-state index in [-0.39, 0.29) is 17.6 Å². The molecule has 6 rings (SSSR count). The van der Waals surface area contributed by atoms with E-state index in [1.807, 2.05) is 41.3 Å². The van der Waals surface area contributed by atoms with Gasteiger partial charge in [0.25, 0.3) is 0 Å². The van der Waals surface area contributed by atoms with Crippen LogP contribution in [-0.2, 0) is 0 Å². The molecule has 0 heterocycles. The average molecular weight is 457 g/mol. The molecule has 0 fully saturated rings. The Hall–Kier alpha value is -4.74. The van der Waals surface area contributed by atoms with E-state index in [2.05, 4.69) is 30.3 Å². The Kier molecular flexibility index (Phi) is 4.73. The maximum Gasteiger partial charge on any atom is 0.143 e. The van der Waals surface area contributed by atoms with Crippen LogP contribution in [0, 0.1) is 28.5 Å². The lowest BCUT2D eigenvalue weighted by Gasteiger charge is -2.34. The zero-order valence-electron chi connectivity index (χ0n) is 18.5. The molecule has 0 saturated carbocycles. The number of hydrogen-bond donors (Lipinski definition) is 0. The van der Waals surface area contributed by atoms with Crippen LogP contribution in [-0.4, -0.2) is 6.04 Å². The van der Waals surface area contributed by atoms with Crippen molar-refractivity contribution in [3.63, 3.8) is 0 Å². The standard InChI is InChI=1S/C30H17F2N3/c31-26-14-23(10-6-21(26)16-33)35(24-11-7-22(17-34)27(32)15-24)28-13-9-20-5-4-18-2-1-3-19-8-12-25(28)30(20)29(18)19/h1-14,24H,15H2. The summed E-state index contributed by atoms with van der Waals surface area (Å²) in [6.07, 6.45) is 3.23. The largest absolute Gasteiger partial charge is 0.333 e. The van der Waals surface area contributed by atoms with Crippen LogP contribution in [0.5, 0.6) is 0 Å². The first-order chi connectivity index (χ1) is 17.1. The first-order valence-electron chi connectivity index (χ1n) is 11.2. The second-order valence-electron chi connectivity index (χ2n) is 8.65. The minimum absolute atomic E-state index is 0.00240. The number of nitriles is 2.